The summed E-state index contributed by atoms with van der Waals surface area (Å²) in [6, 6.07) is 16.5. The average Bonchev–Trinajstić information content (AvgIpc) is 2.77. The largest absolute Gasteiger partial charge is 0.484 e. The summed E-state index contributed by atoms with van der Waals surface area (Å²) in [5, 5.41) is 2.94. The molecule has 0 spiro atoms. The van der Waals surface area contributed by atoms with Gasteiger partial charge in [-0.15, -0.1) is 0 Å². The van der Waals surface area contributed by atoms with Crippen molar-refractivity contribution < 1.29 is 17.9 Å². The molecule has 6 nitrogen and oxygen atoms in total. The quantitative estimate of drug-likeness (QED) is 0.641. The molecule has 2 aromatic rings. The number of sulfonamides is 1. The third-order valence-corrected chi connectivity index (χ3v) is 7.60. The fourth-order valence-corrected chi connectivity index (χ4v) is 5.12. The van der Waals surface area contributed by atoms with Crippen molar-refractivity contribution in [3.63, 3.8) is 0 Å². The lowest BCUT2D eigenvalue weighted by atomic mass is 10.0. The van der Waals surface area contributed by atoms with Crippen LogP contribution in [0.4, 0.5) is 0 Å². The number of hydrogen-bond donors (Lipinski definition) is 1. The number of hydrogen-bond acceptors (Lipinski definition) is 4. The van der Waals surface area contributed by atoms with Crippen molar-refractivity contribution in [3.8, 4) is 5.75 Å². The first kappa shape index (κ1) is 23.3. The van der Waals surface area contributed by atoms with E-state index in [9.17, 15) is 13.2 Å². The number of aryl methyl sites for hydroxylation is 1. The fourth-order valence-electron chi connectivity index (χ4n) is 3.65. The van der Waals surface area contributed by atoms with Crippen LogP contribution in [0.2, 0.25) is 0 Å². The number of carbonyl (C=O) groups excluding carboxylic acids is 1. The van der Waals surface area contributed by atoms with Gasteiger partial charge in [0.2, 0.25) is 10.0 Å². The van der Waals surface area contributed by atoms with Gasteiger partial charge in [-0.1, -0.05) is 37.3 Å². The summed E-state index contributed by atoms with van der Waals surface area (Å²) in [4.78, 5) is 12.4. The highest BCUT2D eigenvalue weighted by molar-refractivity contribution is 7.89. The summed E-state index contributed by atoms with van der Waals surface area (Å²) < 4.78 is 32.6. The Balaban J connectivity index is 1.44. The maximum absolute atomic E-state index is 12.8. The first-order valence-corrected chi connectivity index (χ1v) is 12.3. The molecule has 1 atom stereocenters. The molecule has 0 radical (unpaired) electrons. The van der Waals surface area contributed by atoms with Crippen LogP contribution >= 0.6 is 0 Å². The number of nitrogens with one attached hydrogen (secondary N) is 1. The van der Waals surface area contributed by atoms with Crippen LogP contribution in [-0.4, -0.2) is 44.4 Å². The number of benzene rings is 2. The van der Waals surface area contributed by atoms with Crippen LogP contribution in [0.5, 0.6) is 5.75 Å². The van der Waals surface area contributed by atoms with E-state index in [0.29, 0.717) is 24.8 Å². The molecule has 31 heavy (non-hydrogen) atoms. The third-order valence-electron chi connectivity index (χ3n) is 5.69. The molecule has 2 aromatic carbocycles. The van der Waals surface area contributed by atoms with Crippen LogP contribution in [-0.2, 0) is 21.2 Å². The van der Waals surface area contributed by atoms with Crippen LogP contribution < -0.4 is 10.1 Å². The van der Waals surface area contributed by atoms with Gasteiger partial charge in [-0.05, 0) is 68.4 Å². The standard InChI is InChI=1S/C24H32N2O4S/c1-19-14-16-26(17-15-19)31(28,29)23-12-10-22(11-13-23)30-18-24(27)25-20(2)8-9-21-6-4-3-5-7-21/h3-7,10-13,19-20H,8-9,14-18H2,1-2H3,(H,25,27)/t20-/m0/s1. The topological polar surface area (TPSA) is 75.7 Å². The Morgan fingerprint density at radius 2 is 1.74 bits per heavy atom. The Hall–Kier alpha value is -2.38. The van der Waals surface area contributed by atoms with Crippen LogP contribution in [0.25, 0.3) is 0 Å². The average molecular weight is 445 g/mol. The first-order valence-electron chi connectivity index (χ1n) is 10.9. The van der Waals surface area contributed by atoms with Gasteiger partial charge in [-0.3, -0.25) is 4.79 Å². The van der Waals surface area contributed by atoms with E-state index in [1.165, 1.54) is 5.56 Å². The maximum atomic E-state index is 12.8. The van der Waals surface area contributed by atoms with E-state index in [0.717, 1.165) is 25.7 Å². The zero-order valence-electron chi connectivity index (χ0n) is 18.3. The van der Waals surface area contributed by atoms with Gasteiger partial charge in [0.05, 0.1) is 4.90 Å². The number of amides is 1. The summed E-state index contributed by atoms with van der Waals surface area (Å²) in [5.74, 6) is 0.840. The van der Waals surface area contributed by atoms with Crippen LogP contribution in [0.3, 0.4) is 0 Å². The minimum Gasteiger partial charge on any atom is -0.484 e. The molecule has 1 heterocycles. The Morgan fingerprint density at radius 3 is 2.39 bits per heavy atom. The Labute approximate surface area is 185 Å². The Morgan fingerprint density at radius 1 is 1.10 bits per heavy atom. The van der Waals surface area contributed by atoms with Gasteiger partial charge < -0.3 is 10.1 Å². The second-order valence-electron chi connectivity index (χ2n) is 8.34. The molecule has 0 saturated carbocycles. The predicted octanol–water partition coefficient (Wildman–Crippen LogP) is 3.62. The van der Waals surface area contributed by atoms with E-state index in [2.05, 4.69) is 24.4 Å². The highest BCUT2D eigenvalue weighted by atomic mass is 32.2. The van der Waals surface area contributed by atoms with Crippen molar-refractivity contribution in [1.29, 1.82) is 0 Å². The van der Waals surface area contributed by atoms with Gasteiger partial charge in [-0.2, -0.15) is 4.31 Å². The maximum Gasteiger partial charge on any atom is 0.258 e. The van der Waals surface area contributed by atoms with E-state index in [-0.39, 0.29) is 23.5 Å². The lowest BCUT2D eigenvalue weighted by Crippen LogP contribution is -2.37. The van der Waals surface area contributed by atoms with Gasteiger partial charge in [0.1, 0.15) is 5.75 Å². The predicted molar refractivity (Wildman–Crippen MR) is 121 cm³/mol. The number of carbonyl (C=O) groups is 1. The van der Waals surface area contributed by atoms with Gasteiger partial charge >= 0.3 is 0 Å². The fraction of sp³-hybridized carbons (Fsp3) is 0.458. The SMILES string of the molecule is CC1CCN(S(=O)(=O)c2ccc(OCC(=O)N[C@@H](C)CCc3ccccc3)cc2)CC1. The van der Waals surface area contributed by atoms with Crippen molar-refractivity contribution >= 4 is 15.9 Å². The summed E-state index contributed by atoms with van der Waals surface area (Å²) >= 11 is 0. The van der Waals surface area contributed by atoms with Gasteiger partial charge in [-0.25, -0.2) is 8.42 Å². The Bertz CT molecular complexity index is 937. The summed E-state index contributed by atoms with van der Waals surface area (Å²) in [5.41, 5.74) is 1.24. The molecule has 1 fully saturated rings. The minimum absolute atomic E-state index is 0.0380. The zero-order valence-corrected chi connectivity index (χ0v) is 19.1. The molecule has 3 rings (SSSR count). The third kappa shape index (κ3) is 6.80. The zero-order chi connectivity index (χ0) is 22.3. The van der Waals surface area contributed by atoms with E-state index < -0.39 is 10.0 Å². The number of rotatable bonds is 9. The summed E-state index contributed by atoms with van der Waals surface area (Å²) in [7, 11) is -3.48. The van der Waals surface area contributed by atoms with Crippen molar-refractivity contribution in [2.45, 2.75) is 50.5 Å². The molecule has 1 amide bonds. The summed E-state index contributed by atoms with van der Waals surface area (Å²) in [6.07, 6.45) is 3.52. The highest BCUT2D eigenvalue weighted by Gasteiger charge is 2.27. The first-order chi connectivity index (χ1) is 14.8. The number of ether oxygens (including phenoxy) is 1. The molecule has 1 aliphatic rings. The molecular weight excluding hydrogens is 412 g/mol. The van der Waals surface area contributed by atoms with Crippen molar-refractivity contribution in [2.24, 2.45) is 5.92 Å². The molecule has 1 N–H and O–H groups in total. The van der Waals surface area contributed by atoms with Crippen molar-refractivity contribution in [3.05, 3.63) is 60.2 Å². The van der Waals surface area contributed by atoms with E-state index in [1.807, 2.05) is 25.1 Å². The number of piperidine rings is 1. The molecule has 1 saturated heterocycles. The molecule has 0 unspecified atom stereocenters. The van der Waals surface area contributed by atoms with Crippen LogP contribution in [0, 0.1) is 5.92 Å². The van der Waals surface area contributed by atoms with E-state index in [4.69, 9.17) is 4.74 Å². The van der Waals surface area contributed by atoms with Crippen molar-refractivity contribution in [2.75, 3.05) is 19.7 Å². The molecule has 1 aliphatic heterocycles. The molecule has 0 aliphatic carbocycles. The number of nitrogens with zero attached hydrogens (tertiary/aromatic N) is 1. The molecule has 0 aromatic heterocycles. The minimum atomic E-state index is -3.48. The van der Waals surface area contributed by atoms with Gasteiger partial charge in [0.15, 0.2) is 6.61 Å². The second-order valence-corrected chi connectivity index (χ2v) is 10.3. The smallest absolute Gasteiger partial charge is 0.258 e. The van der Waals surface area contributed by atoms with Crippen LogP contribution in [0.15, 0.2) is 59.5 Å². The lowest BCUT2D eigenvalue weighted by Gasteiger charge is -2.29. The molecule has 168 valence electrons. The lowest BCUT2D eigenvalue weighted by molar-refractivity contribution is -0.123. The molecular formula is C24H32N2O4S. The highest BCUT2D eigenvalue weighted by Crippen LogP contribution is 2.24. The summed E-state index contributed by atoms with van der Waals surface area (Å²) in [6.45, 7) is 5.14. The Kier molecular flexibility index (Phi) is 8.09. The second kappa shape index (κ2) is 10.8. The van der Waals surface area contributed by atoms with Gasteiger partial charge in [0, 0.05) is 19.1 Å². The molecule has 0 bridgehead atoms. The monoisotopic (exact) mass is 444 g/mol. The van der Waals surface area contributed by atoms with E-state index in [1.54, 1.807) is 28.6 Å². The normalized spacial score (nSPS) is 16.6. The van der Waals surface area contributed by atoms with Crippen molar-refractivity contribution in [1.82, 2.24) is 9.62 Å². The molecule has 7 heteroatoms. The van der Waals surface area contributed by atoms with Gasteiger partial charge in [0.25, 0.3) is 5.91 Å². The van der Waals surface area contributed by atoms with Crippen LogP contribution in [0.1, 0.15) is 38.7 Å². The van der Waals surface area contributed by atoms with E-state index >= 15 is 0 Å².